The van der Waals surface area contributed by atoms with Crippen LogP contribution >= 0.6 is 0 Å². The van der Waals surface area contributed by atoms with E-state index in [4.69, 9.17) is 18.4 Å². The largest absolute Gasteiger partial charge is 0.433 e. The van der Waals surface area contributed by atoms with Crippen LogP contribution in [-0.4, -0.2) is 36.0 Å². The number of carbonyl (C=O) groups excluding carboxylic acids is 1. The molecule has 0 aromatic carbocycles. The molecule has 0 spiro atoms. The van der Waals surface area contributed by atoms with Crippen LogP contribution in [0.1, 0.15) is 64.2 Å². The van der Waals surface area contributed by atoms with Crippen molar-refractivity contribution in [2.75, 3.05) is 6.54 Å². The van der Waals surface area contributed by atoms with Gasteiger partial charge in [-0.25, -0.2) is 4.79 Å². The number of rotatable bonds is 9. The standard InChI is InChI=1S/C22H32N2O6/c25-19(13-23-30-16-8-4-5-9-16)18(12-15-6-2-1-3-7-15)24-22(26)29-20-14-28-21-17(20)10-11-27-21/h10-11,14-16,18-19,23,25H,1-9,12-13H2,(H,24,26)/t18-,19+/m0/s1. The molecule has 0 aliphatic heterocycles. The summed E-state index contributed by atoms with van der Waals surface area (Å²) >= 11 is 0. The Morgan fingerprint density at radius 3 is 2.70 bits per heavy atom. The number of hydrogen-bond donors (Lipinski definition) is 3. The van der Waals surface area contributed by atoms with Crippen molar-refractivity contribution in [2.45, 2.75) is 82.5 Å². The average Bonchev–Trinajstić information content (AvgIpc) is 3.48. The molecule has 8 nitrogen and oxygen atoms in total. The Balaban J connectivity index is 1.33. The topological polar surface area (TPSA) is 106 Å². The summed E-state index contributed by atoms with van der Waals surface area (Å²) < 4.78 is 15.8. The Kier molecular flexibility index (Phi) is 7.30. The third kappa shape index (κ3) is 5.56. The van der Waals surface area contributed by atoms with Crippen LogP contribution in [0.5, 0.6) is 5.75 Å². The first-order valence-electron chi connectivity index (χ1n) is 11.2. The Bertz CT molecular complexity index is 791. The molecular weight excluding hydrogens is 388 g/mol. The fourth-order valence-electron chi connectivity index (χ4n) is 4.59. The number of hydroxylamine groups is 1. The molecule has 0 unspecified atom stereocenters. The van der Waals surface area contributed by atoms with E-state index >= 15 is 0 Å². The number of aliphatic hydroxyl groups is 1. The van der Waals surface area contributed by atoms with Gasteiger partial charge in [-0.2, -0.15) is 5.48 Å². The highest BCUT2D eigenvalue weighted by molar-refractivity contribution is 5.83. The van der Waals surface area contributed by atoms with Gasteiger partial charge in [-0.05, 0) is 31.2 Å². The first-order valence-corrected chi connectivity index (χ1v) is 11.2. The van der Waals surface area contributed by atoms with Crippen molar-refractivity contribution in [1.82, 2.24) is 10.8 Å². The Morgan fingerprint density at radius 2 is 1.90 bits per heavy atom. The van der Waals surface area contributed by atoms with Crippen molar-refractivity contribution in [3.8, 4) is 5.75 Å². The van der Waals surface area contributed by atoms with Gasteiger partial charge in [0, 0.05) is 6.54 Å². The summed E-state index contributed by atoms with van der Waals surface area (Å²) in [5.41, 5.74) is 2.91. The van der Waals surface area contributed by atoms with Crippen LogP contribution in [0, 0.1) is 5.92 Å². The molecule has 166 valence electrons. The van der Waals surface area contributed by atoms with Crippen molar-refractivity contribution in [3.05, 3.63) is 18.6 Å². The quantitative estimate of drug-likeness (QED) is 0.520. The molecule has 3 N–H and O–H groups in total. The molecule has 1 amide bonds. The normalized spacial score (nSPS) is 20.4. The number of nitrogens with one attached hydrogen (secondary N) is 2. The predicted molar refractivity (Wildman–Crippen MR) is 110 cm³/mol. The third-order valence-corrected chi connectivity index (χ3v) is 6.30. The van der Waals surface area contributed by atoms with Crippen molar-refractivity contribution in [3.63, 3.8) is 0 Å². The summed E-state index contributed by atoms with van der Waals surface area (Å²) in [5, 5.41) is 14.2. The number of ether oxygens (including phenoxy) is 1. The molecule has 2 aliphatic rings. The van der Waals surface area contributed by atoms with E-state index in [9.17, 15) is 9.90 Å². The summed E-state index contributed by atoms with van der Waals surface area (Å²) in [4.78, 5) is 18.2. The van der Waals surface area contributed by atoms with Crippen LogP contribution in [0.2, 0.25) is 0 Å². The van der Waals surface area contributed by atoms with Gasteiger partial charge in [0.05, 0.1) is 24.5 Å². The lowest BCUT2D eigenvalue weighted by molar-refractivity contribution is -0.0422. The van der Waals surface area contributed by atoms with Crippen molar-refractivity contribution < 1.29 is 28.3 Å². The Morgan fingerprint density at radius 1 is 1.13 bits per heavy atom. The summed E-state index contributed by atoms with van der Waals surface area (Å²) in [5.74, 6) is 1.10. The van der Waals surface area contributed by atoms with E-state index in [1.165, 1.54) is 44.6 Å². The predicted octanol–water partition coefficient (Wildman–Crippen LogP) is 4.28. The lowest BCUT2D eigenvalue weighted by Crippen LogP contribution is -2.49. The maximum Gasteiger partial charge on any atom is 0.413 e. The molecule has 8 heteroatoms. The molecule has 0 radical (unpaired) electrons. The number of aliphatic hydroxyl groups excluding tert-OH is 1. The molecule has 2 saturated carbocycles. The van der Waals surface area contributed by atoms with Gasteiger partial charge >= 0.3 is 11.9 Å². The highest BCUT2D eigenvalue weighted by atomic mass is 16.7. The van der Waals surface area contributed by atoms with Gasteiger partial charge in [0.2, 0.25) is 0 Å². The lowest BCUT2D eigenvalue weighted by Gasteiger charge is -2.30. The lowest BCUT2D eigenvalue weighted by atomic mass is 9.83. The SMILES string of the molecule is O=C(N[C@@H](CC1CCCCC1)[C@H](O)CNOC1CCCC1)Oc1coc2occc12. The van der Waals surface area contributed by atoms with E-state index < -0.39 is 18.2 Å². The van der Waals surface area contributed by atoms with Crippen LogP contribution in [0.4, 0.5) is 4.79 Å². The number of carbonyl (C=O) groups is 1. The minimum Gasteiger partial charge on any atom is -0.433 e. The minimum atomic E-state index is -0.779. The van der Waals surface area contributed by atoms with E-state index in [2.05, 4.69) is 10.8 Å². The summed E-state index contributed by atoms with van der Waals surface area (Å²) in [6.45, 7) is 0.256. The molecule has 0 saturated heterocycles. The van der Waals surface area contributed by atoms with Gasteiger partial charge in [-0.3, -0.25) is 4.84 Å². The van der Waals surface area contributed by atoms with Gasteiger partial charge in [0.25, 0.3) is 0 Å². The molecule has 2 aromatic heterocycles. The molecule has 2 aliphatic carbocycles. The first-order chi connectivity index (χ1) is 14.7. The van der Waals surface area contributed by atoms with Crippen LogP contribution < -0.4 is 15.5 Å². The second-order valence-corrected chi connectivity index (χ2v) is 8.54. The zero-order valence-corrected chi connectivity index (χ0v) is 17.3. The monoisotopic (exact) mass is 420 g/mol. The van der Waals surface area contributed by atoms with Crippen LogP contribution in [0.15, 0.2) is 27.4 Å². The molecule has 0 bridgehead atoms. The van der Waals surface area contributed by atoms with E-state index in [1.54, 1.807) is 6.07 Å². The molecular formula is C22H32N2O6. The number of hydrogen-bond acceptors (Lipinski definition) is 7. The molecule has 2 heterocycles. The highest BCUT2D eigenvalue weighted by Gasteiger charge is 2.28. The van der Waals surface area contributed by atoms with E-state index in [-0.39, 0.29) is 12.6 Å². The van der Waals surface area contributed by atoms with Gasteiger partial charge in [-0.1, -0.05) is 44.9 Å². The second kappa shape index (κ2) is 10.3. The number of amides is 1. The molecule has 4 rings (SSSR count). The zero-order chi connectivity index (χ0) is 20.8. The van der Waals surface area contributed by atoms with Crippen LogP contribution in [0.3, 0.4) is 0 Å². The maximum absolute atomic E-state index is 12.5. The maximum atomic E-state index is 12.5. The molecule has 2 fully saturated rings. The first kappa shape index (κ1) is 21.2. The average molecular weight is 421 g/mol. The van der Waals surface area contributed by atoms with Crippen molar-refractivity contribution in [1.29, 1.82) is 0 Å². The second-order valence-electron chi connectivity index (χ2n) is 8.54. The number of furan rings is 2. The fourth-order valence-corrected chi connectivity index (χ4v) is 4.59. The van der Waals surface area contributed by atoms with E-state index in [0.717, 1.165) is 25.7 Å². The van der Waals surface area contributed by atoms with Crippen molar-refractivity contribution >= 4 is 17.3 Å². The summed E-state index contributed by atoms with van der Waals surface area (Å²) in [6.07, 6.45) is 12.7. The van der Waals surface area contributed by atoms with Gasteiger partial charge in [-0.15, -0.1) is 0 Å². The minimum absolute atomic E-state index is 0.213. The van der Waals surface area contributed by atoms with Crippen LogP contribution in [0.25, 0.3) is 11.2 Å². The Hall–Kier alpha value is -2.03. The van der Waals surface area contributed by atoms with E-state index in [1.807, 2.05) is 0 Å². The third-order valence-electron chi connectivity index (χ3n) is 6.30. The zero-order valence-electron chi connectivity index (χ0n) is 17.3. The van der Waals surface area contributed by atoms with E-state index in [0.29, 0.717) is 29.3 Å². The fraction of sp³-hybridized carbons (Fsp3) is 0.682. The van der Waals surface area contributed by atoms with Crippen molar-refractivity contribution in [2.24, 2.45) is 5.92 Å². The Labute approximate surface area is 176 Å². The molecule has 2 aromatic rings. The molecule has 2 atom stereocenters. The molecule has 30 heavy (non-hydrogen) atoms. The highest BCUT2D eigenvalue weighted by Crippen LogP contribution is 2.30. The van der Waals surface area contributed by atoms with Gasteiger partial charge in [0.15, 0.2) is 5.75 Å². The number of fused-ring (bicyclic) bond motifs is 1. The smallest absolute Gasteiger partial charge is 0.413 e. The summed E-state index contributed by atoms with van der Waals surface area (Å²) in [6, 6.07) is 1.26. The van der Waals surface area contributed by atoms with Crippen LogP contribution in [-0.2, 0) is 4.84 Å². The summed E-state index contributed by atoms with van der Waals surface area (Å²) in [7, 11) is 0. The van der Waals surface area contributed by atoms with Gasteiger partial charge < -0.3 is 24.0 Å². The van der Waals surface area contributed by atoms with Gasteiger partial charge in [0.1, 0.15) is 11.6 Å².